The maximum Gasteiger partial charge on any atom is 0.227 e. The molecule has 0 bridgehead atoms. The van der Waals surface area contributed by atoms with E-state index >= 15 is 0 Å². The number of para-hydroxylation sites is 1. The maximum absolute atomic E-state index is 12.4. The first-order chi connectivity index (χ1) is 11.5. The highest BCUT2D eigenvalue weighted by Crippen LogP contribution is 2.23. The summed E-state index contributed by atoms with van der Waals surface area (Å²) in [6.45, 7) is 2.96. The molecule has 1 aliphatic rings. The normalized spacial score (nSPS) is 20.2. The Morgan fingerprint density at radius 1 is 1.33 bits per heavy atom. The molecule has 1 atom stereocenters. The van der Waals surface area contributed by atoms with Gasteiger partial charge in [0.1, 0.15) is 18.0 Å². The van der Waals surface area contributed by atoms with Gasteiger partial charge in [0.25, 0.3) is 0 Å². The predicted octanol–water partition coefficient (Wildman–Crippen LogP) is 1.97. The van der Waals surface area contributed by atoms with E-state index < -0.39 is 5.60 Å². The van der Waals surface area contributed by atoms with Crippen LogP contribution in [0.3, 0.4) is 0 Å². The van der Waals surface area contributed by atoms with Crippen molar-refractivity contribution in [2.75, 3.05) is 19.7 Å². The summed E-state index contributed by atoms with van der Waals surface area (Å²) in [5.41, 5.74) is 0.859. The lowest BCUT2D eigenvalue weighted by molar-refractivity contribution is -0.130. The molecule has 0 unspecified atom stereocenters. The topological polar surface area (TPSA) is 62.7 Å². The van der Waals surface area contributed by atoms with E-state index in [0.29, 0.717) is 25.9 Å². The Hall–Kier alpha value is -2.40. The van der Waals surface area contributed by atoms with Gasteiger partial charge in [-0.1, -0.05) is 18.2 Å². The number of hydrogen-bond donors (Lipinski definition) is 1. The van der Waals surface area contributed by atoms with Crippen LogP contribution in [0.15, 0.2) is 48.7 Å². The molecule has 0 radical (unpaired) electrons. The Labute approximate surface area is 141 Å². The molecule has 126 valence electrons. The zero-order valence-corrected chi connectivity index (χ0v) is 13.8. The second kappa shape index (κ2) is 7.01. The minimum Gasteiger partial charge on any atom is -0.491 e. The number of likely N-dealkylation sites (tertiary alicyclic amines) is 1. The Morgan fingerprint density at radius 3 is 2.88 bits per heavy atom. The Morgan fingerprint density at radius 2 is 2.12 bits per heavy atom. The van der Waals surface area contributed by atoms with Gasteiger partial charge in [-0.25, -0.2) is 0 Å². The smallest absolute Gasteiger partial charge is 0.227 e. The van der Waals surface area contributed by atoms with E-state index in [4.69, 9.17) is 4.74 Å². The number of amides is 1. The van der Waals surface area contributed by atoms with Gasteiger partial charge < -0.3 is 14.7 Å². The molecule has 2 aromatic rings. The summed E-state index contributed by atoms with van der Waals surface area (Å²) in [5.74, 6) is 0.749. The summed E-state index contributed by atoms with van der Waals surface area (Å²) >= 11 is 0. The van der Waals surface area contributed by atoms with Crippen LogP contribution in [0.4, 0.5) is 0 Å². The van der Waals surface area contributed by atoms with Crippen LogP contribution in [-0.2, 0) is 11.2 Å². The van der Waals surface area contributed by atoms with Crippen LogP contribution in [0.25, 0.3) is 0 Å². The van der Waals surface area contributed by atoms with Crippen molar-refractivity contribution < 1.29 is 14.6 Å². The molecule has 2 heterocycles. The molecule has 0 aliphatic carbocycles. The Balaban J connectivity index is 1.54. The molecule has 1 aromatic carbocycles. The van der Waals surface area contributed by atoms with E-state index in [2.05, 4.69) is 4.98 Å². The predicted molar refractivity (Wildman–Crippen MR) is 90.8 cm³/mol. The minimum atomic E-state index is -0.986. The SMILES string of the molecule is Cc1cc(CC(=O)N2CC[C@](O)(COc3ccccc3)C2)ccn1. The molecule has 1 aliphatic heterocycles. The van der Waals surface area contributed by atoms with Crippen LogP contribution in [0.5, 0.6) is 5.75 Å². The fraction of sp³-hybridized carbons (Fsp3) is 0.368. The molecular weight excluding hydrogens is 304 g/mol. The van der Waals surface area contributed by atoms with Crippen LogP contribution in [0.2, 0.25) is 0 Å². The number of β-amino-alcohol motifs (C(OH)–C–C–N with tert-alkyl or cyclic N) is 1. The molecule has 1 aromatic heterocycles. The Kier molecular flexibility index (Phi) is 4.81. The van der Waals surface area contributed by atoms with Gasteiger partial charge in [0.05, 0.1) is 13.0 Å². The molecule has 5 nitrogen and oxygen atoms in total. The van der Waals surface area contributed by atoms with Gasteiger partial charge in [-0.05, 0) is 43.2 Å². The number of aliphatic hydroxyl groups is 1. The van der Waals surface area contributed by atoms with E-state index in [1.54, 1.807) is 11.1 Å². The lowest BCUT2D eigenvalue weighted by atomic mass is 10.1. The molecule has 1 amide bonds. The van der Waals surface area contributed by atoms with Gasteiger partial charge in [-0.3, -0.25) is 9.78 Å². The number of ether oxygens (including phenoxy) is 1. The van der Waals surface area contributed by atoms with Gasteiger partial charge in [0.15, 0.2) is 0 Å². The first-order valence-corrected chi connectivity index (χ1v) is 8.14. The average Bonchev–Trinajstić information content (AvgIpc) is 2.97. The number of hydrogen-bond acceptors (Lipinski definition) is 4. The van der Waals surface area contributed by atoms with Gasteiger partial charge in [0, 0.05) is 18.4 Å². The molecule has 5 heteroatoms. The molecule has 3 rings (SSSR count). The van der Waals surface area contributed by atoms with E-state index in [0.717, 1.165) is 17.0 Å². The van der Waals surface area contributed by atoms with Crippen LogP contribution in [-0.4, -0.2) is 46.2 Å². The van der Waals surface area contributed by atoms with Gasteiger partial charge >= 0.3 is 0 Å². The summed E-state index contributed by atoms with van der Waals surface area (Å²) in [4.78, 5) is 18.3. The van der Waals surface area contributed by atoms with Crippen molar-refractivity contribution in [1.29, 1.82) is 0 Å². The minimum absolute atomic E-state index is 0.0243. The highest BCUT2D eigenvalue weighted by atomic mass is 16.5. The van der Waals surface area contributed by atoms with Crippen molar-refractivity contribution in [2.45, 2.75) is 25.4 Å². The third kappa shape index (κ3) is 4.11. The highest BCUT2D eigenvalue weighted by molar-refractivity contribution is 5.79. The third-order valence-electron chi connectivity index (χ3n) is 4.25. The fourth-order valence-corrected chi connectivity index (χ4v) is 2.92. The first kappa shape index (κ1) is 16.5. The number of rotatable bonds is 5. The number of aryl methyl sites for hydroxylation is 1. The summed E-state index contributed by atoms with van der Waals surface area (Å²) in [6, 6.07) is 13.2. The third-order valence-corrected chi connectivity index (χ3v) is 4.25. The Bertz CT molecular complexity index is 705. The summed E-state index contributed by atoms with van der Waals surface area (Å²) in [6.07, 6.45) is 2.58. The number of pyridine rings is 1. The van der Waals surface area contributed by atoms with Crippen molar-refractivity contribution in [2.24, 2.45) is 0 Å². The average molecular weight is 326 g/mol. The van der Waals surface area contributed by atoms with Crippen LogP contribution in [0, 0.1) is 6.92 Å². The first-order valence-electron chi connectivity index (χ1n) is 8.14. The van der Waals surface area contributed by atoms with Crippen molar-refractivity contribution in [3.8, 4) is 5.75 Å². The number of carbonyl (C=O) groups is 1. The molecule has 0 saturated carbocycles. The molecule has 0 spiro atoms. The van der Waals surface area contributed by atoms with E-state index in [9.17, 15) is 9.90 Å². The van der Waals surface area contributed by atoms with Gasteiger partial charge in [0.2, 0.25) is 5.91 Å². The molecular formula is C19H22N2O3. The van der Waals surface area contributed by atoms with Gasteiger partial charge in [-0.15, -0.1) is 0 Å². The van der Waals surface area contributed by atoms with E-state index in [1.165, 1.54) is 0 Å². The van der Waals surface area contributed by atoms with Crippen LogP contribution < -0.4 is 4.74 Å². The second-order valence-corrected chi connectivity index (χ2v) is 6.37. The highest BCUT2D eigenvalue weighted by Gasteiger charge is 2.38. The fourth-order valence-electron chi connectivity index (χ4n) is 2.92. The van der Waals surface area contributed by atoms with Crippen molar-refractivity contribution in [3.63, 3.8) is 0 Å². The molecule has 1 saturated heterocycles. The lowest BCUT2D eigenvalue weighted by Crippen LogP contribution is -2.41. The van der Waals surface area contributed by atoms with Crippen molar-refractivity contribution >= 4 is 5.91 Å². The van der Waals surface area contributed by atoms with Crippen LogP contribution in [0.1, 0.15) is 17.7 Å². The second-order valence-electron chi connectivity index (χ2n) is 6.37. The quantitative estimate of drug-likeness (QED) is 0.912. The largest absolute Gasteiger partial charge is 0.491 e. The zero-order valence-electron chi connectivity index (χ0n) is 13.8. The van der Waals surface area contributed by atoms with Crippen molar-refractivity contribution in [1.82, 2.24) is 9.88 Å². The monoisotopic (exact) mass is 326 g/mol. The summed E-state index contributed by atoms with van der Waals surface area (Å²) < 4.78 is 5.66. The molecule has 1 fully saturated rings. The summed E-state index contributed by atoms with van der Waals surface area (Å²) in [7, 11) is 0. The van der Waals surface area contributed by atoms with E-state index in [1.807, 2.05) is 49.4 Å². The molecule has 1 N–H and O–H groups in total. The number of benzene rings is 1. The maximum atomic E-state index is 12.4. The van der Waals surface area contributed by atoms with Crippen molar-refractivity contribution in [3.05, 3.63) is 59.9 Å². The number of nitrogens with zero attached hydrogens (tertiary/aromatic N) is 2. The standard InChI is InChI=1S/C19H22N2O3/c1-15-11-16(7-9-20-15)12-18(22)21-10-8-19(23,13-21)14-24-17-5-3-2-4-6-17/h2-7,9,11,23H,8,10,12-14H2,1H3/t19-/m1/s1. The lowest BCUT2D eigenvalue weighted by Gasteiger charge is -2.23. The number of aromatic nitrogens is 1. The van der Waals surface area contributed by atoms with Crippen LogP contribution >= 0.6 is 0 Å². The summed E-state index contributed by atoms with van der Waals surface area (Å²) in [5, 5.41) is 10.7. The number of carbonyl (C=O) groups excluding carboxylic acids is 1. The van der Waals surface area contributed by atoms with E-state index in [-0.39, 0.29) is 12.5 Å². The zero-order chi connectivity index (χ0) is 17.0. The van der Waals surface area contributed by atoms with Gasteiger partial charge in [-0.2, -0.15) is 0 Å². The molecule has 24 heavy (non-hydrogen) atoms.